The highest BCUT2D eigenvalue weighted by Gasteiger charge is 2.13. The van der Waals surface area contributed by atoms with Crippen LogP contribution in [0.3, 0.4) is 0 Å². The molecule has 0 saturated carbocycles. The summed E-state index contributed by atoms with van der Waals surface area (Å²) in [4.78, 5) is 7.95. The largest absolute Gasteiger partial charge is 0.505 e. The third-order valence-corrected chi connectivity index (χ3v) is 2.75. The summed E-state index contributed by atoms with van der Waals surface area (Å²) in [5.41, 5.74) is 1.16. The van der Waals surface area contributed by atoms with Gasteiger partial charge in [-0.05, 0) is 23.8 Å². The summed E-state index contributed by atoms with van der Waals surface area (Å²) in [6.07, 6.45) is 3.17. The van der Waals surface area contributed by atoms with Gasteiger partial charge in [-0.15, -0.1) is 0 Å². The van der Waals surface area contributed by atoms with Gasteiger partial charge in [0.25, 0.3) is 5.89 Å². The number of aromatic hydroxyl groups is 1. The van der Waals surface area contributed by atoms with E-state index in [0.717, 1.165) is 5.56 Å². The number of pyridine rings is 1. The van der Waals surface area contributed by atoms with E-state index in [2.05, 4.69) is 15.1 Å². The molecule has 0 saturated heterocycles. The summed E-state index contributed by atoms with van der Waals surface area (Å²) in [6, 6.07) is 7.78. The molecule has 0 spiro atoms. The van der Waals surface area contributed by atoms with E-state index in [0.29, 0.717) is 17.8 Å². The number of benzene rings is 1. The lowest BCUT2D eigenvalue weighted by atomic mass is 10.1. The molecule has 100 valence electrons. The summed E-state index contributed by atoms with van der Waals surface area (Å²) in [5.74, 6) is 0.282. The predicted octanol–water partition coefficient (Wildman–Crippen LogP) is 2.57. The van der Waals surface area contributed by atoms with Crippen LogP contribution in [0.5, 0.6) is 5.75 Å². The van der Waals surface area contributed by atoms with E-state index < -0.39 is 0 Å². The maximum atomic E-state index is 13.1. The fraction of sp³-hybridized carbons (Fsp3) is 0.0714. The Morgan fingerprint density at radius 3 is 2.95 bits per heavy atom. The lowest BCUT2D eigenvalue weighted by Crippen LogP contribution is -1.91. The zero-order valence-corrected chi connectivity index (χ0v) is 10.3. The van der Waals surface area contributed by atoms with E-state index in [1.54, 1.807) is 18.2 Å². The highest BCUT2D eigenvalue weighted by Crippen LogP contribution is 2.26. The van der Waals surface area contributed by atoms with E-state index in [4.69, 9.17) is 4.52 Å². The Morgan fingerprint density at radius 2 is 2.15 bits per heavy atom. The molecule has 0 radical (unpaired) electrons. The Morgan fingerprint density at radius 1 is 1.25 bits per heavy atom. The zero-order chi connectivity index (χ0) is 13.9. The van der Waals surface area contributed by atoms with Gasteiger partial charge in [0.05, 0.1) is 11.8 Å². The van der Waals surface area contributed by atoms with Crippen LogP contribution in [0.25, 0.3) is 11.5 Å². The van der Waals surface area contributed by atoms with Crippen LogP contribution in [0, 0.1) is 5.82 Å². The molecule has 20 heavy (non-hydrogen) atoms. The molecule has 0 aliphatic heterocycles. The molecule has 3 rings (SSSR count). The van der Waals surface area contributed by atoms with E-state index in [-0.39, 0.29) is 17.5 Å². The van der Waals surface area contributed by atoms with Gasteiger partial charge < -0.3 is 9.63 Å². The summed E-state index contributed by atoms with van der Waals surface area (Å²) in [7, 11) is 0. The van der Waals surface area contributed by atoms with Crippen molar-refractivity contribution in [2.75, 3.05) is 0 Å². The molecule has 0 aliphatic carbocycles. The monoisotopic (exact) mass is 271 g/mol. The molecule has 5 nitrogen and oxygen atoms in total. The Balaban J connectivity index is 1.86. The smallest absolute Gasteiger partial charge is 0.261 e. The summed E-state index contributed by atoms with van der Waals surface area (Å²) in [5, 5.41) is 13.5. The van der Waals surface area contributed by atoms with E-state index in [9.17, 15) is 9.50 Å². The van der Waals surface area contributed by atoms with Crippen LogP contribution in [-0.2, 0) is 6.42 Å². The number of aromatic nitrogens is 3. The van der Waals surface area contributed by atoms with Crippen molar-refractivity contribution in [2.45, 2.75) is 6.42 Å². The highest BCUT2D eigenvalue weighted by atomic mass is 19.1. The van der Waals surface area contributed by atoms with Gasteiger partial charge >= 0.3 is 0 Å². The fourth-order valence-corrected chi connectivity index (χ4v) is 1.83. The first-order chi connectivity index (χ1) is 9.72. The first-order valence-corrected chi connectivity index (χ1v) is 5.93. The van der Waals surface area contributed by atoms with Crippen molar-refractivity contribution in [3.63, 3.8) is 0 Å². The van der Waals surface area contributed by atoms with Gasteiger partial charge in [0, 0.05) is 12.6 Å². The van der Waals surface area contributed by atoms with Gasteiger partial charge in [0.1, 0.15) is 11.6 Å². The van der Waals surface area contributed by atoms with Crippen LogP contribution in [0.1, 0.15) is 11.4 Å². The van der Waals surface area contributed by atoms with Gasteiger partial charge in [-0.25, -0.2) is 4.39 Å². The molecule has 1 N–H and O–H groups in total. The molecule has 1 aromatic carbocycles. The Bertz CT molecular complexity index is 743. The molecule has 0 aliphatic rings. The summed E-state index contributed by atoms with van der Waals surface area (Å²) in [6.45, 7) is 0. The zero-order valence-electron chi connectivity index (χ0n) is 10.3. The number of rotatable bonds is 3. The number of hydrogen-bond acceptors (Lipinski definition) is 5. The van der Waals surface area contributed by atoms with Gasteiger partial charge in [0.15, 0.2) is 5.82 Å². The van der Waals surface area contributed by atoms with Gasteiger partial charge in [-0.2, -0.15) is 4.98 Å². The van der Waals surface area contributed by atoms with Crippen molar-refractivity contribution in [3.05, 3.63) is 59.9 Å². The standard InChI is InChI=1S/C14H10FN3O2/c15-10-3-1-2-9(6-10)7-13-17-14(20-18-13)11-4-5-16-8-12(11)19/h1-6,8,19H,7H2. The van der Waals surface area contributed by atoms with Gasteiger partial charge in [-0.3, -0.25) is 4.98 Å². The quantitative estimate of drug-likeness (QED) is 0.792. The van der Waals surface area contributed by atoms with E-state index >= 15 is 0 Å². The van der Waals surface area contributed by atoms with Crippen molar-refractivity contribution >= 4 is 0 Å². The average Bonchev–Trinajstić information content (AvgIpc) is 2.87. The van der Waals surface area contributed by atoms with E-state index in [1.807, 2.05) is 0 Å². The predicted molar refractivity (Wildman–Crippen MR) is 68.4 cm³/mol. The second-order valence-corrected chi connectivity index (χ2v) is 4.22. The topological polar surface area (TPSA) is 72.0 Å². The third-order valence-electron chi connectivity index (χ3n) is 2.75. The minimum atomic E-state index is -0.307. The minimum absolute atomic E-state index is 0.0338. The van der Waals surface area contributed by atoms with Gasteiger partial charge in [-0.1, -0.05) is 17.3 Å². The minimum Gasteiger partial charge on any atom is -0.505 e. The SMILES string of the molecule is Oc1cnccc1-c1nc(Cc2cccc(F)c2)no1. The molecule has 0 unspecified atom stereocenters. The molecule has 3 aromatic rings. The first-order valence-electron chi connectivity index (χ1n) is 5.93. The molecule has 0 bridgehead atoms. The second-order valence-electron chi connectivity index (χ2n) is 4.22. The fourth-order valence-electron chi connectivity index (χ4n) is 1.83. The molecule has 0 amide bonds. The first kappa shape index (κ1) is 12.3. The maximum Gasteiger partial charge on any atom is 0.261 e. The van der Waals surface area contributed by atoms with Crippen molar-refractivity contribution in [1.82, 2.24) is 15.1 Å². The van der Waals surface area contributed by atoms with Crippen molar-refractivity contribution < 1.29 is 14.0 Å². The van der Waals surface area contributed by atoms with Crippen LogP contribution < -0.4 is 0 Å². The Labute approximate surface area is 113 Å². The third kappa shape index (κ3) is 2.49. The van der Waals surface area contributed by atoms with Crippen LogP contribution in [0.4, 0.5) is 4.39 Å². The van der Waals surface area contributed by atoms with Crippen molar-refractivity contribution in [2.24, 2.45) is 0 Å². The lowest BCUT2D eigenvalue weighted by molar-refractivity contribution is 0.418. The normalized spacial score (nSPS) is 10.7. The molecule has 0 atom stereocenters. The van der Waals surface area contributed by atoms with Crippen molar-refractivity contribution in [3.8, 4) is 17.2 Å². The average molecular weight is 271 g/mol. The highest BCUT2D eigenvalue weighted by molar-refractivity contribution is 5.60. The molecule has 2 aromatic heterocycles. The van der Waals surface area contributed by atoms with Crippen LogP contribution in [0.2, 0.25) is 0 Å². The van der Waals surface area contributed by atoms with Gasteiger partial charge in [0.2, 0.25) is 0 Å². The van der Waals surface area contributed by atoms with Crippen molar-refractivity contribution in [1.29, 1.82) is 0 Å². The lowest BCUT2D eigenvalue weighted by Gasteiger charge is -1.97. The van der Waals surface area contributed by atoms with Crippen LogP contribution >= 0.6 is 0 Å². The van der Waals surface area contributed by atoms with Crippen LogP contribution in [0.15, 0.2) is 47.2 Å². The Hall–Kier alpha value is -2.76. The number of nitrogens with zero attached hydrogens (tertiary/aromatic N) is 3. The van der Waals surface area contributed by atoms with E-state index in [1.165, 1.54) is 24.5 Å². The molecule has 0 fully saturated rings. The molecule has 2 heterocycles. The number of halogens is 1. The van der Waals surface area contributed by atoms with Crippen LogP contribution in [-0.4, -0.2) is 20.2 Å². The number of hydrogen-bond donors (Lipinski definition) is 1. The molecule has 6 heteroatoms. The molecular weight excluding hydrogens is 261 g/mol. The summed E-state index contributed by atoms with van der Waals surface area (Å²) >= 11 is 0. The Kier molecular flexibility index (Phi) is 3.12. The second kappa shape index (κ2) is 5.08. The summed E-state index contributed by atoms with van der Waals surface area (Å²) < 4.78 is 18.2. The molecular formula is C14H10FN3O2. The maximum absolute atomic E-state index is 13.1.